The molecule has 1 fully saturated rings. The van der Waals surface area contributed by atoms with Crippen LogP contribution in [0.3, 0.4) is 0 Å². The minimum absolute atomic E-state index is 0.856. The van der Waals surface area contributed by atoms with E-state index < -0.39 is 0 Å². The van der Waals surface area contributed by atoms with Gasteiger partial charge in [-0.25, -0.2) is 5.26 Å². The first-order chi connectivity index (χ1) is 8.43. The van der Waals surface area contributed by atoms with Crippen molar-refractivity contribution >= 4 is 0 Å². The van der Waals surface area contributed by atoms with Crippen molar-refractivity contribution in [1.29, 1.82) is 5.26 Å². The fourth-order valence-electron chi connectivity index (χ4n) is 2.00. The maximum atomic E-state index is 6.50. The fraction of sp³-hybridized carbons (Fsp3) is 0.188. The molecule has 0 saturated heterocycles. The topological polar surface area (TPSA) is 23.8 Å². The molecule has 1 aliphatic carbocycles. The highest BCUT2D eigenvalue weighted by molar-refractivity contribution is 5.63. The van der Waals surface area contributed by atoms with Gasteiger partial charge in [-0.05, 0) is 35.4 Å². The van der Waals surface area contributed by atoms with Crippen molar-refractivity contribution in [3.63, 3.8) is 0 Å². The van der Waals surface area contributed by atoms with E-state index >= 15 is 0 Å². The summed E-state index contributed by atoms with van der Waals surface area (Å²) < 4.78 is 0. The standard InChI is InChI=1S/C15H14.CHN/c1-2-4-12(5-3-1)13-6-8-14(9-7-13)15-10-11-15;1-2/h1-9,15H,10-11H2;1H. The zero-order valence-electron chi connectivity index (χ0n) is 9.71. The van der Waals surface area contributed by atoms with Crippen molar-refractivity contribution in [1.82, 2.24) is 0 Å². The van der Waals surface area contributed by atoms with Gasteiger partial charge in [0, 0.05) is 6.57 Å². The van der Waals surface area contributed by atoms with E-state index in [0.29, 0.717) is 0 Å². The van der Waals surface area contributed by atoms with Crippen molar-refractivity contribution in [3.8, 4) is 17.7 Å². The van der Waals surface area contributed by atoms with Crippen LogP contribution in [0.2, 0.25) is 0 Å². The third-order valence-electron chi connectivity index (χ3n) is 3.07. The van der Waals surface area contributed by atoms with Crippen molar-refractivity contribution in [2.75, 3.05) is 0 Å². The molecule has 0 bridgehead atoms. The van der Waals surface area contributed by atoms with Crippen LogP contribution in [0.25, 0.3) is 11.1 Å². The van der Waals surface area contributed by atoms with Gasteiger partial charge in [-0.3, -0.25) is 0 Å². The predicted molar refractivity (Wildman–Crippen MR) is 70.5 cm³/mol. The van der Waals surface area contributed by atoms with E-state index in [0.717, 1.165) is 5.92 Å². The fourth-order valence-corrected chi connectivity index (χ4v) is 2.00. The lowest BCUT2D eigenvalue weighted by Crippen LogP contribution is -1.80. The zero-order valence-corrected chi connectivity index (χ0v) is 9.71. The smallest absolute Gasteiger partial charge is 0.0462 e. The van der Waals surface area contributed by atoms with Crippen molar-refractivity contribution in [2.45, 2.75) is 18.8 Å². The number of nitriles is 1. The van der Waals surface area contributed by atoms with E-state index in [9.17, 15) is 0 Å². The van der Waals surface area contributed by atoms with Crippen LogP contribution in [0.15, 0.2) is 54.6 Å². The monoisotopic (exact) mass is 221 g/mol. The Bertz CT molecular complexity index is 478. The quantitative estimate of drug-likeness (QED) is 0.738. The number of nitrogens with zero attached hydrogens (tertiary/aromatic N) is 1. The number of hydrogen-bond acceptors (Lipinski definition) is 1. The van der Waals surface area contributed by atoms with Gasteiger partial charge in [0.2, 0.25) is 0 Å². The lowest BCUT2D eigenvalue weighted by Gasteiger charge is -2.03. The summed E-state index contributed by atoms with van der Waals surface area (Å²) in [5.41, 5.74) is 4.13. The summed E-state index contributed by atoms with van der Waals surface area (Å²) in [6, 6.07) is 19.6. The van der Waals surface area contributed by atoms with Crippen LogP contribution in [0.5, 0.6) is 0 Å². The molecule has 0 heterocycles. The third kappa shape index (κ3) is 2.73. The van der Waals surface area contributed by atoms with Gasteiger partial charge in [0.25, 0.3) is 0 Å². The SMILES string of the molecule is C#N.c1ccc(-c2ccc(C3CC3)cc2)cc1. The number of rotatable bonds is 2. The Kier molecular flexibility index (Phi) is 3.57. The van der Waals surface area contributed by atoms with E-state index in [-0.39, 0.29) is 0 Å². The second kappa shape index (κ2) is 5.32. The van der Waals surface area contributed by atoms with Crippen molar-refractivity contribution in [3.05, 3.63) is 60.2 Å². The summed E-state index contributed by atoms with van der Waals surface area (Å²) in [7, 11) is 0. The minimum Gasteiger partial charge on any atom is -0.202 e. The molecule has 0 radical (unpaired) electrons. The first-order valence-corrected chi connectivity index (χ1v) is 5.85. The maximum absolute atomic E-state index is 6.50. The highest BCUT2D eigenvalue weighted by Gasteiger charge is 2.22. The molecule has 0 amide bonds. The molecule has 84 valence electrons. The molecule has 3 rings (SSSR count). The third-order valence-corrected chi connectivity index (χ3v) is 3.07. The molecule has 0 aromatic heterocycles. The summed E-state index contributed by atoms with van der Waals surface area (Å²) in [6.07, 6.45) is 2.76. The van der Waals surface area contributed by atoms with Crippen LogP contribution in [-0.4, -0.2) is 0 Å². The van der Waals surface area contributed by atoms with Crippen molar-refractivity contribution in [2.24, 2.45) is 0 Å². The van der Waals surface area contributed by atoms with Crippen LogP contribution in [0, 0.1) is 11.8 Å². The van der Waals surface area contributed by atoms with E-state index in [1.54, 1.807) is 0 Å². The van der Waals surface area contributed by atoms with Gasteiger partial charge in [-0.1, -0.05) is 54.6 Å². The summed E-state index contributed by atoms with van der Waals surface area (Å²) in [5, 5.41) is 6.50. The highest BCUT2D eigenvalue weighted by atomic mass is 14.3. The first-order valence-electron chi connectivity index (χ1n) is 5.85. The van der Waals surface area contributed by atoms with Crippen molar-refractivity contribution < 1.29 is 0 Å². The molecule has 2 aromatic rings. The molecular weight excluding hydrogens is 206 g/mol. The Morgan fingerprint density at radius 3 is 1.82 bits per heavy atom. The normalized spacial score (nSPS) is 13.5. The lowest BCUT2D eigenvalue weighted by molar-refractivity contribution is 1.13. The average molecular weight is 221 g/mol. The molecule has 17 heavy (non-hydrogen) atoms. The molecule has 0 spiro atoms. The predicted octanol–water partition coefficient (Wildman–Crippen LogP) is 4.37. The Balaban J connectivity index is 0.000000514. The van der Waals surface area contributed by atoms with Gasteiger partial charge < -0.3 is 0 Å². The van der Waals surface area contributed by atoms with E-state index in [2.05, 4.69) is 61.2 Å². The molecule has 0 N–H and O–H groups in total. The maximum Gasteiger partial charge on any atom is 0.0462 e. The van der Waals surface area contributed by atoms with Crippen LogP contribution in [0.4, 0.5) is 0 Å². The Morgan fingerprint density at radius 1 is 0.765 bits per heavy atom. The van der Waals surface area contributed by atoms with E-state index in [1.165, 1.54) is 29.5 Å². The lowest BCUT2D eigenvalue weighted by atomic mass is 10.0. The summed E-state index contributed by atoms with van der Waals surface area (Å²) in [6.45, 7) is 3.50. The molecule has 0 unspecified atom stereocenters. The highest BCUT2D eigenvalue weighted by Crippen LogP contribution is 2.40. The molecule has 2 aromatic carbocycles. The van der Waals surface area contributed by atoms with E-state index in [4.69, 9.17) is 5.26 Å². The van der Waals surface area contributed by atoms with E-state index in [1.807, 2.05) is 0 Å². The van der Waals surface area contributed by atoms with Gasteiger partial charge in [0.1, 0.15) is 0 Å². The van der Waals surface area contributed by atoms with Crippen LogP contribution >= 0.6 is 0 Å². The van der Waals surface area contributed by atoms with Gasteiger partial charge >= 0.3 is 0 Å². The molecule has 1 saturated carbocycles. The largest absolute Gasteiger partial charge is 0.202 e. The zero-order chi connectivity index (χ0) is 12.1. The van der Waals surface area contributed by atoms with Crippen LogP contribution in [-0.2, 0) is 0 Å². The van der Waals surface area contributed by atoms with Gasteiger partial charge in [0.15, 0.2) is 0 Å². The average Bonchev–Trinajstić information content (AvgIpc) is 3.27. The molecular formula is C16H15N. The molecule has 1 aliphatic rings. The minimum atomic E-state index is 0.856. The summed E-state index contributed by atoms with van der Waals surface area (Å²) >= 11 is 0. The van der Waals surface area contributed by atoms with Crippen LogP contribution in [0.1, 0.15) is 24.3 Å². The Hall–Kier alpha value is -2.07. The van der Waals surface area contributed by atoms with Crippen LogP contribution < -0.4 is 0 Å². The number of benzene rings is 2. The summed E-state index contributed by atoms with van der Waals surface area (Å²) in [5.74, 6) is 0.856. The Labute approximate surface area is 102 Å². The number of hydrogen-bond donors (Lipinski definition) is 0. The second-order valence-corrected chi connectivity index (χ2v) is 4.26. The molecule has 0 atom stereocenters. The second-order valence-electron chi connectivity index (χ2n) is 4.26. The van der Waals surface area contributed by atoms with Gasteiger partial charge in [-0.2, -0.15) is 0 Å². The summed E-state index contributed by atoms with van der Waals surface area (Å²) in [4.78, 5) is 0. The van der Waals surface area contributed by atoms with Gasteiger partial charge in [0.05, 0.1) is 0 Å². The first kappa shape index (κ1) is 11.4. The molecule has 0 aliphatic heterocycles. The molecule has 1 heteroatoms. The van der Waals surface area contributed by atoms with Gasteiger partial charge in [-0.15, -0.1) is 0 Å². The molecule has 1 nitrogen and oxygen atoms in total. The Morgan fingerprint density at radius 2 is 1.29 bits per heavy atom.